The molecule has 0 radical (unpaired) electrons. The molecule has 1 aliphatic heterocycles. The van der Waals surface area contributed by atoms with Gasteiger partial charge in [-0.05, 0) is 12.1 Å². The first-order valence-electron chi connectivity index (χ1n) is 6.14. The number of aliphatic carboxylic acids is 1. The Bertz CT molecular complexity index is 493. The smallest absolute Gasteiger partial charge is 0.304 e. The van der Waals surface area contributed by atoms with E-state index in [2.05, 4.69) is 0 Å². The SMILES string of the molecule is COc1ccc2c(c1C(C)(C)CC(=O)O)OCCO2. The molecule has 2 rings (SSSR count). The van der Waals surface area contributed by atoms with Crippen molar-refractivity contribution in [1.29, 1.82) is 0 Å². The molecule has 0 saturated carbocycles. The Balaban J connectivity index is 2.55. The predicted octanol–water partition coefficient (Wildman–Crippen LogP) is 2.22. The molecule has 0 saturated heterocycles. The maximum Gasteiger partial charge on any atom is 0.304 e. The van der Waals surface area contributed by atoms with Crippen molar-refractivity contribution in [1.82, 2.24) is 0 Å². The summed E-state index contributed by atoms with van der Waals surface area (Å²) in [6, 6.07) is 3.57. The summed E-state index contributed by atoms with van der Waals surface area (Å²) in [6.07, 6.45) is -0.0107. The normalized spacial score (nSPS) is 14.1. The topological polar surface area (TPSA) is 65.0 Å². The van der Waals surface area contributed by atoms with Crippen LogP contribution in [0.25, 0.3) is 0 Å². The van der Waals surface area contributed by atoms with E-state index in [0.717, 1.165) is 5.56 Å². The second-order valence-corrected chi connectivity index (χ2v) is 5.12. The van der Waals surface area contributed by atoms with Gasteiger partial charge in [0.1, 0.15) is 19.0 Å². The molecule has 104 valence electrons. The predicted molar refractivity (Wildman–Crippen MR) is 69.3 cm³/mol. The van der Waals surface area contributed by atoms with Crippen LogP contribution in [0.3, 0.4) is 0 Å². The number of hydrogen-bond donors (Lipinski definition) is 1. The largest absolute Gasteiger partial charge is 0.496 e. The minimum absolute atomic E-state index is 0.0107. The van der Waals surface area contributed by atoms with Crippen molar-refractivity contribution in [2.75, 3.05) is 20.3 Å². The molecule has 0 aromatic heterocycles. The van der Waals surface area contributed by atoms with Gasteiger partial charge in [-0.2, -0.15) is 0 Å². The van der Waals surface area contributed by atoms with Crippen LogP contribution in [-0.2, 0) is 10.2 Å². The molecule has 1 N–H and O–H groups in total. The van der Waals surface area contributed by atoms with Crippen LogP contribution in [0.15, 0.2) is 12.1 Å². The summed E-state index contributed by atoms with van der Waals surface area (Å²) in [5.41, 5.74) is 0.137. The highest BCUT2D eigenvalue weighted by Crippen LogP contribution is 2.46. The molecular formula is C14H18O5. The fourth-order valence-corrected chi connectivity index (χ4v) is 2.38. The summed E-state index contributed by atoms with van der Waals surface area (Å²) in [4.78, 5) is 11.0. The first-order valence-corrected chi connectivity index (χ1v) is 6.14. The number of carboxylic acids is 1. The van der Waals surface area contributed by atoms with Crippen molar-refractivity contribution in [2.45, 2.75) is 25.7 Å². The Morgan fingerprint density at radius 1 is 1.37 bits per heavy atom. The van der Waals surface area contributed by atoms with Crippen LogP contribution in [-0.4, -0.2) is 31.4 Å². The Labute approximate surface area is 112 Å². The molecule has 0 bridgehead atoms. The van der Waals surface area contributed by atoms with Gasteiger partial charge >= 0.3 is 5.97 Å². The lowest BCUT2D eigenvalue weighted by Crippen LogP contribution is -2.26. The minimum atomic E-state index is -0.860. The van der Waals surface area contributed by atoms with E-state index in [0.29, 0.717) is 30.5 Å². The maximum absolute atomic E-state index is 11.0. The van der Waals surface area contributed by atoms with Gasteiger partial charge in [-0.3, -0.25) is 4.79 Å². The van der Waals surface area contributed by atoms with Crippen molar-refractivity contribution in [3.63, 3.8) is 0 Å². The Morgan fingerprint density at radius 2 is 2.05 bits per heavy atom. The number of ether oxygens (including phenoxy) is 3. The number of methoxy groups -OCH3 is 1. The van der Waals surface area contributed by atoms with Gasteiger partial charge in [-0.1, -0.05) is 13.8 Å². The van der Waals surface area contributed by atoms with Crippen LogP contribution in [0.1, 0.15) is 25.8 Å². The van der Waals surface area contributed by atoms with E-state index >= 15 is 0 Å². The van der Waals surface area contributed by atoms with Gasteiger partial charge in [0.2, 0.25) is 0 Å². The standard InChI is InChI=1S/C14H18O5/c1-14(2,8-11(15)16)12-9(17-3)4-5-10-13(12)19-7-6-18-10/h4-5H,6-8H2,1-3H3,(H,15,16). The number of hydrogen-bond acceptors (Lipinski definition) is 4. The Morgan fingerprint density at radius 3 is 2.68 bits per heavy atom. The van der Waals surface area contributed by atoms with Gasteiger partial charge < -0.3 is 19.3 Å². The first-order chi connectivity index (χ1) is 8.95. The molecular weight excluding hydrogens is 248 g/mol. The number of fused-ring (bicyclic) bond motifs is 1. The van der Waals surface area contributed by atoms with E-state index in [-0.39, 0.29) is 6.42 Å². The molecule has 0 fully saturated rings. The summed E-state index contributed by atoms with van der Waals surface area (Å²) < 4.78 is 16.6. The average molecular weight is 266 g/mol. The molecule has 0 unspecified atom stereocenters. The molecule has 19 heavy (non-hydrogen) atoms. The Hall–Kier alpha value is -1.91. The summed E-state index contributed by atoms with van der Waals surface area (Å²) >= 11 is 0. The lowest BCUT2D eigenvalue weighted by molar-refractivity contribution is -0.138. The summed E-state index contributed by atoms with van der Waals surface area (Å²) in [7, 11) is 1.56. The third kappa shape index (κ3) is 2.59. The van der Waals surface area contributed by atoms with E-state index in [1.54, 1.807) is 19.2 Å². The second kappa shape index (κ2) is 4.99. The highest BCUT2D eigenvalue weighted by Gasteiger charge is 2.33. The molecule has 1 aromatic rings. The highest BCUT2D eigenvalue weighted by molar-refractivity contribution is 5.70. The van der Waals surface area contributed by atoms with Gasteiger partial charge in [0.15, 0.2) is 11.5 Å². The van der Waals surface area contributed by atoms with Crippen LogP contribution in [0.5, 0.6) is 17.2 Å². The highest BCUT2D eigenvalue weighted by atomic mass is 16.6. The van der Waals surface area contributed by atoms with Gasteiger partial charge in [-0.25, -0.2) is 0 Å². The van der Waals surface area contributed by atoms with E-state index in [1.807, 2.05) is 13.8 Å². The quantitative estimate of drug-likeness (QED) is 0.905. The van der Waals surface area contributed by atoms with Crippen LogP contribution in [0, 0.1) is 0 Å². The molecule has 0 aliphatic carbocycles. The summed E-state index contributed by atoms with van der Waals surface area (Å²) in [6.45, 7) is 4.67. The monoisotopic (exact) mass is 266 g/mol. The molecule has 0 amide bonds. The molecule has 5 nitrogen and oxygen atoms in total. The molecule has 0 atom stereocenters. The maximum atomic E-state index is 11.0. The molecule has 5 heteroatoms. The Kier molecular flexibility index (Phi) is 3.55. The molecule has 1 aliphatic rings. The summed E-state index contributed by atoms with van der Waals surface area (Å²) in [5.74, 6) is 0.995. The number of carbonyl (C=O) groups is 1. The lowest BCUT2D eigenvalue weighted by Gasteiger charge is -2.30. The van der Waals surface area contributed by atoms with E-state index < -0.39 is 11.4 Å². The van der Waals surface area contributed by atoms with Crippen molar-refractivity contribution in [3.05, 3.63) is 17.7 Å². The molecule has 1 heterocycles. The van der Waals surface area contributed by atoms with Crippen LogP contribution >= 0.6 is 0 Å². The third-order valence-corrected chi connectivity index (χ3v) is 3.16. The number of carboxylic acid groups (broad SMARTS) is 1. The lowest BCUT2D eigenvalue weighted by atomic mass is 9.80. The van der Waals surface area contributed by atoms with Crippen LogP contribution in [0.4, 0.5) is 0 Å². The van der Waals surface area contributed by atoms with Crippen molar-refractivity contribution < 1.29 is 24.1 Å². The van der Waals surface area contributed by atoms with E-state index in [4.69, 9.17) is 19.3 Å². The third-order valence-electron chi connectivity index (χ3n) is 3.16. The molecule has 0 spiro atoms. The zero-order chi connectivity index (χ0) is 14.0. The first kappa shape index (κ1) is 13.5. The summed E-state index contributed by atoms with van der Waals surface area (Å²) in [5, 5.41) is 9.07. The minimum Gasteiger partial charge on any atom is -0.496 e. The average Bonchev–Trinajstić information content (AvgIpc) is 2.35. The number of rotatable bonds is 4. The van der Waals surface area contributed by atoms with E-state index in [9.17, 15) is 4.79 Å². The van der Waals surface area contributed by atoms with E-state index in [1.165, 1.54) is 0 Å². The van der Waals surface area contributed by atoms with Crippen LogP contribution < -0.4 is 14.2 Å². The van der Waals surface area contributed by atoms with Gasteiger partial charge in [0, 0.05) is 11.0 Å². The fraction of sp³-hybridized carbons (Fsp3) is 0.500. The zero-order valence-electron chi connectivity index (χ0n) is 11.4. The van der Waals surface area contributed by atoms with Gasteiger partial charge in [0.25, 0.3) is 0 Å². The van der Waals surface area contributed by atoms with Crippen molar-refractivity contribution in [3.8, 4) is 17.2 Å². The van der Waals surface area contributed by atoms with Gasteiger partial charge in [0.05, 0.1) is 13.5 Å². The van der Waals surface area contributed by atoms with Crippen LogP contribution in [0.2, 0.25) is 0 Å². The van der Waals surface area contributed by atoms with Gasteiger partial charge in [-0.15, -0.1) is 0 Å². The second-order valence-electron chi connectivity index (χ2n) is 5.12. The van der Waals surface area contributed by atoms with Crippen molar-refractivity contribution >= 4 is 5.97 Å². The zero-order valence-corrected chi connectivity index (χ0v) is 11.4. The fourth-order valence-electron chi connectivity index (χ4n) is 2.38. The molecule has 1 aromatic carbocycles. The van der Waals surface area contributed by atoms with Crippen molar-refractivity contribution in [2.24, 2.45) is 0 Å². The number of benzene rings is 1.